The molecule has 0 atom stereocenters. The standard InChI is InChI=1S/C14H15NO5/c1-2-20-9-3-4-12-10(5-9)11(6-15-12)13(16)7-19-8-14(17)18/h3-6,15H,2,7-8H2,1H3,(H,17,18). The summed E-state index contributed by atoms with van der Waals surface area (Å²) < 4.78 is 10.2. The number of hydrogen-bond donors (Lipinski definition) is 2. The van der Waals surface area contributed by atoms with E-state index in [1.807, 2.05) is 19.1 Å². The van der Waals surface area contributed by atoms with Crippen molar-refractivity contribution in [3.8, 4) is 5.75 Å². The van der Waals surface area contributed by atoms with Crippen LogP contribution in [0.1, 0.15) is 17.3 Å². The lowest BCUT2D eigenvalue weighted by Crippen LogP contribution is -2.14. The molecule has 20 heavy (non-hydrogen) atoms. The average molecular weight is 277 g/mol. The zero-order chi connectivity index (χ0) is 14.5. The van der Waals surface area contributed by atoms with Gasteiger partial charge >= 0.3 is 5.97 Å². The van der Waals surface area contributed by atoms with E-state index in [0.717, 1.165) is 10.9 Å². The van der Waals surface area contributed by atoms with E-state index < -0.39 is 12.6 Å². The van der Waals surface area contributed by atoms with Crippen LogP contribution in [0.25, 0.3) is 10.9 Å². The Morgan fingerprint density at radius 2 is 2.10 bits per heavy atom. The highest BCUT2D eigenvalue weighted by Gasteiger charge is 2.13. The minimum absolute atomic E-state index is 0.266. The van der Waals surface area contributed by atoms with Crippen molar-refractivity contribution in [2.24, 2.45) is 0 Å². The van der Waals surface area contributed by atoms with E-state index in [0.29, 0.717) is 17.9 Å². The van der Waals surface area contributed by atoms with Gasteiger partial charge in [0.2, 0.25) is 0 Å². The Hall–Kier alpha value is -2.34. The third kappa shape index (κ3) is 3.16. The fourth-order valence-electron chi connectivity index (χ4n) is 1.90. The topological polar surface area (TPSA) is 88.6 Å². The van der Waals surface area contributed by atoms with Crippen molar-refractivity contribution in [1.29, 1.82) is 0 Å². The quantitative estimate of drug-likeness (QED) is 0.754. The number of aromatic amines is 1. The van der Waals surface area contributed by atoms with Crippen LogP contribution in [0.2, 0.25) is 0 Å². The van der Waals surface area contributed by atoms with Crippen LogP contribution in [0.15, 0.2) is 24.4 Å². The number of aromatic nitrogens is 1. The van der Waals surface area contributed by atoms with Crippen molar-refractivity contribution in [2.75, 3.05) is 19.8 Å². The second-order valence-electron chi connectivity index (χ2n) is 4.15. The number of carboxylic acid groups (broad SMARTS) is 1. The summed E-state index contributed by atoms with van der Waals surface area (Å²) >= 11 is 0. The van der Waals surface area contributed by atoms with Gasteiger partial charge in [0.15, 0.2) is 5.78 Å². The monoisotopic (exact) mass is 277 g/mol. The molecule has 0 aliphatic carbocycles. The van der Waals surface area contributed by atoms with E-state index >= 15 is 0 Å². The predicted molar refractivity (Wildman–Crippen MR) is 72.3 cm³/mol. The van der Waals surface area contributed by atoms with Gasteiger partial charge in [-0.25, -0.2) is 4.79 Å². The molecule has 0 saturated carbocycles. The third-order valence-electron chi connectivity index (χ3n) is 2.72. The molecule has 0 spiro atoms. The molecule has 0 unspecified atom stereocenters. The SMILES string of the molecule is CCOc1ccc2[nH]cc(C(=O)COCC(=O)O)c2c1. The van der Waals surface area contributed by atoms with Gasteiger partial charge in [-0.15, -0.1) is 0 Å². The lowest BCUT2D eigenvalue weighted by atomic mass is 10.1. The Labute approximate surface area is 115 Å². The molecule has 6 nitrogen and oxygen atoms in total. The molecule has 6 heteroatoms. The maximum absolute atomic E-state index is 12.0. The highest BCUT2D eigenvalue weighted by Crippen LogP contribution is 2.24. The highest BCUT2D eigenvalue weighted by atomic mass is 16.5. The molecule has 106 valence electrons. The summed E-state index contributed by atoms with van der Waals surface area (Å²) in [6, 6.07) is 5.42. The van der Waals surface area contributed by atoms with Gasteiger partial charge in [0.1, 0.15) is 19.0 Å². The number of carbonyl (C=O) groups is 2. The van der Waals surface area contributed by atoms with Gasteiger partial charge in [0.05, 0.1) is 6.61 Å². The van der Waals surface area contributed by atoms with Crippen LogP contribution in [-0.2, 0) is 9.53 Å². The summed E-state index contributed by atoms with van der Waals surface area (Å²) in [7, 11) is 0. The average Bonchev–Trinajstić information content (AvgIpc) is 2.81. The first-order valence-electron chi connectivity index (χ1n) is 6.18. The van der Waals surface area contributed by atoms with Crippen molar-refractivity contribution >= 4 is 22.7 Å². The van der Waals surface area contributed by atoms with E-state index in [-0.39, 0.29) is 12.4 Å². The van der Waals surface area contributed by atoms with Crippen LogP contribution in [0.4, 0.5) is 0 Å². The zero-order valence-electron chi connectivity index (χ0n) is 11.0. The van der Waals surface area contributed by atoms with Crippen LogP contribution in [0, 0.1) is 0 Å². The molecular weight excluding hydrogens is 262 g/mol. The zero-order valence-corrected chi connectivity index (χ0v) is 11.0. The normalized spacial score (nSPS) is 10.7. The fraction of sp³-hybridized carbons (Fsp3) is 0.286. The number of fused-ring (bicyclic) bond motifs is 1. The van der Waals surface area contributed by atoms with Crippen LogP contribution < -0.4 is 4.74 Å². The summed E-state index contributed by atoms with van der Waals surface area (Å²) in [5.74, 6) is -0.693. The van der Waals surface area contributed by atoms with Gasteiger partial charge in [-0.2, -0.15) is 0 Å². The third-order valence-corrected chi connectivity index (χ3v) is 2.72. The smallest absolute Gasteiger partial charge is 0.329 e. The second kappa shape index (κ2) is 6.21. The Bertz CT molecular complexity index is 632. The molecule has 2 rings (SSSR count). The molecule has 0 fully saturated rings. The molecule has 1 heterocycles. The number of ketones is 1. The highest BCUT2D eigenvalue weighted by molar-refractivity contribution is 6.08. The van der Waals surface area contributed by atoms with Crippen molar-refractivity contribution in [3.05, 3.63) is 30.0 Å². The van der Waals surface area contributed by atoms with E-state index in [4.69, 9.17) is 14.6 Å². The van der Waals surface area contributed by atoms with Crippen molar-refractivity contribution in [1.82, 2.24) is 4.98 Å². The molecule has 0 aliphatic heterocycles. The first kappa shape index (κ1) is 14.1. The fourth-order valence-corrected chi connectivity index (χ4v) is 1.90. The summed E-state index contributed by atoms with van der Waals surface area (Å²) in [6.07, 6.45) is 1.59. The number of H-pyrrole nitrogens is 1. The molecule has 1 aromatic heterocycles. The molecule has 0 amide bonds. The van der Waals surface area contributed by atoms with Crippen molar-refractivity contribution in [2.45, 2.75) is 6.92 Å². The molecule has 1 aromatic carbocycles. The largest absolute Gasteiger partial charge is 0.494 e. The molecule has 0 saturated heterocycles. The number of nitrogens with one attached hydrogen (secondary N) is 1. The van der Waals surface area contributed by atoms with E-state index in [9.17, 15) is 9.59 Å². The first-order valence-corrected chi connectivity index (χ1v) is 6.18. The van der Waals surface area contributed by atoms with Crippen LogP contribution in [0.5, 0.6) is 5.75 Å². The van der Waals surface area contributed by atoms with E-state index in [1.165, 1.54) is 0 Å². The lowest BCUT2D eigenvalue weighted by molar-refractivity contribution is -0.141. The van der Waals surface area contributed by atoms with Gasteiger partial charge in [0.25, 0.3) is 0 Å². The van der Waals surface area contributed by atoms with E-state index in [2.05, 4.69) is 4.98 Å². The summed E-state index contributed by atoms with van der Waals surface area (Å²) in [4.78, 5) is 25.3. The molecule has 0 bridgehead atoms. The molecule has 0 radical (unpaired) electrons. The lowest BCUT2D eigenvalue weighted by Gasteiger charge is -2.04. The predicted octanol–water partition coefficient (Wildman–Crippen LogP) is 1.85. The Balaban J connectivity index is 2.18. The molecule has 2 aromatic rings. The van der Waals surface area contributed by atoms with Crippen LogP contribution >= 0.6 is 0 Å². The number of carbonyl (C=O) groups excluding carboxylic acids is 1. The number of ether oxygens (including phenoxy) is 2. The second-order valence-corrected chi connectivity index (χ2v) is 4.15. The Morgan fingerprint density at radius 3 is 2.80 bits per heavy atom. The number of Topliss-reactive ketones (excluding diaryl/α,β-unsaturated/α-hetero) is 1. The van der Waals surface area contributed by atoms with Crippen molar-refractivity contribution in [3.63, 3.8) is 0 Å². The minimum atomic E-state index is -1.10. The first-order chi connectivity index (χ1) is 9.61. The number of carboxylic acids is 1. The van der Waals surface area contributed by atoms with Crippen LogP contribution in [-0.4, -0.2) is 41.7 Å². The maximum Gasteiger partial charge on any atom is 0.329 e. The Kier molecular flexibility index (Phi) is 4.37. The number of hydrogen-bond acceptors (Lipinski definition) is 4. The Morgan fingerprint density at radius 1 is 1.30 bits per heavy atom. The molecule has 2 N–H and O–H groups in total. The molecule has 0 aliphatic rings. The van der Waals surface area contributed by atoms with Gasteiger partial charge in [-0.1, -0.05) is 0 Å². The number of aliphatic carboxylic acids is 1. The van der Waals surface area contributed by atoms with Gasteiger partial charge < -0.3 is 19.6 Å². The minimum Gasteiger partial charge on any atom is -0.494 e. The van der Waals surface area contributed by atoms with Gasteiger partial charge in [0, 0.05) is 22.7 Å². The number of rotatable bonds is 7. The summed E-state index contributed by atoms with van der Waals surface area (Å²) in [6.45, 7) is 1.67. The summed E-state index contributed by atoms with van der Waals surface area (Å²) in [5, 5.41) is 9.20. The van der Waals surface area contributed by atoms with Gasteiger partial charge in [-0.05, 0) is 25.1 Å². The van der Waals surface area contributed by atoms with Crippen LogP contribution in [0.3, 0.4) is 0 Å². The van der Waals surface area contributed by atoms with E-state index in [1.54, 1.807) is 12.3 Å². The maximum atomic E-state index is 12.0. The number of benzene rings is 1. The van der Waals surface area contributed by atoms with Crippen molar-refractivity contribution < 1.29 is 24.2 Å². The molecular formula is C14H15NO5. The van der Waals surface area contributed by atoms with Gasteiger partial charge in [-0.3, -0.25) is 4.79 Å². The summed E-state index contributed by atoms with van der Waals surface area (Å²) in [5.41, 5.74) is 1.28.